The lowest BCUT2D eigenvalue weighted by Gasteiger charge is -2.27. The molecule has 2 aliphatic rings. The Balaban J connectivity index is 1.42. The number of rotatable bonds is 6. The lowest BCUT2D eigenvalue weighted by Crippen LogP contribution is -2.45. The summed E-state index contributed by atoms with van der Waals surface area (Å²) in [4.78, 5) is 14.2. The number of benzene rings is 1. The van der Waals surface area contributed by atoms with Crippen molar-refractivity contribution in [1.82, 2.24) is 5.32 Å². The van der Waals surface area contributed by atoms with Crippen molar-refractivity contribution in [2.75, 3.05) is 25.0 Å². The molecule has 0 saturated heterocycles. The summed E-state index contributed by atoms with van der Waals surface area (Å²) in [6, 6.07) is 6.78. The van der Waals surface area contributed by atoms with Crippen molar-refractivity contribution in [1.29, 1.82) is 0 Å². The van der Waals surface area contributed by atoms with E-state index in [1.165, 1.54) is 12.5 Å². The van der Waals surface area contributed by atoms with Crippen molar-refractivity contribution in [2.45, 2.75) is 31.7 Å². The van der Waals surface area contributed by atoms with Crippen LogP contribution in [0.4, 0.5) is 10.1 Å². The fourth-order valence-electron chi connectivity index (χ4n) is 4.25. The third kappa shape index (κ3) is 3.34. The molecule has 0 spiro atoms. The summed E-state index contributed by atoms with van der Waals surface area (Å²) in [6.07, 6.45) is 4.23. The fourth-order valence-corrected chi connectivity index (χ4v) is 4.25. The molecule has 23 heavy (non-hydrogen) atoms. The maximum atomic E-state index is 13.7. The largest absolute Gasteiger partial charge is 0.372 e. The van der Waals surface area contributed by atoms with Gasteiger partial charge in [-0.2, -0.15) is 0 Å². The van der Waals surface area contributed by atoms with Gasteiger partial charge < -0.3 is 16.0 Å². The highest BCUT2D eigenvalue weighted by Gasteiger charge is 2.48. The lowest BCUT2D eigenvalue weighted by atomic mass is 9.84. The zero-order valence-corrected chi connectivity index (χ0v) is 13.7. The van der Waals surface area contributed by atoms with Crippen LogP contribution in [0.25, 0.3) is 0 Å². The number of fused-ring (bicyclic) bond motifs is 2. The molecular formula is C18H26FN3O. The van der Waals surface area contributed by atoms with E-state index < -0.39 is 0 Å². The van der Waals surface area contributed by atoms with Gasteiger partial charge in [0.05, 0.1) is 11.6 Å². The summed E-state index contributed by atoms with van der Waals surface area (Å²) < 4.78 is 13.7. The molecule has 3 rings (SSSR count). The monoisotopic (exact) mass is 319 g/mol. The molecule has 1 aromatic carbocycles. The van der Waals surface area contributed by atoms with Gasteiger partial charge in [-0.25, -0.2) is 4.39 Å². The Morgan fingerprint density at radius 2 is 2.09 bits per heavy atom. The molecule has 2 bridgehead atoms. The van der Waals surface area contributed by atoms with Crippen molar-refractivity contribution in [3.05, 3.63) is 30.1 Å². The first-order valence-electron chi connectivity index (χ1n) is 8.57. The Morgan fingerprint density at radius 1 is 1.35 bits per heavy atom. The van der Waals surface area contributed by atoms with E-state index in [0.29, 0.717) is 30.6 Å². The van der Waals surface area contributed by atoms with Crippen LogP contribution in [-0.4, -0.2) is 32.1 Å². The molecule has 1 aromatic rings. The summed E-state index contributed by atoms with van der Waals surface area (Å²) in [7, 11) is 1.87. The first-order chi connectivity index (χ1) is 11.1. The van der Waals surface area contributed by atoms with Crippen molar-refractivity contribution >= 4 is 11.6 Å². The summed E-state index contributed by atoms with van der Waals surface area (Å²) in [5.41, 5.74) is 6.79. The maximum Gasteiger partial charge on any atom is 0.224 e. The lowest BCUT2D eigenvalue weighted by molar-refractivity contribution is -0.127. The molecule has 2 fully saturated rings. The van der Waals surface area contributed by atoms with Crippen LogP contribution in [0.5, 0.6) is 0 Å². The minimum atomic E-state index is -0.216. The number of hydrogen-bond acceptors (Lipinski definition) is 3. The topological polar surface area (TPSA) is 58.4 Å². The van der Waals surface area contributed by atoms with Crippen molar-refractivity contribution < 1.29 is 9.18 Å². The van der Waals surface area contributed by atoms with Crippen LogP contribution in [0.3, 0.4) is 0 Å². The fraction of sp³-hybridized carbons (Fsp3) is 0.611. The molecule has 1 amide bonds. The predicted molar refractivity (Wildman–Crippen MR) is 89.6 cm³/mol. The quantitative estimate of drug-likeness (QED) is 0.790. The number of amides is 1. The second kappa shape index (κ2) is 6.87. The summed E-state index contributed by atoms with van der Waals surface area (Å²) in [6.45, 7) is 1.31. The molecule has 4 unspecified atom stereocenters. The van der Waals surface area contributed by atoms with Gasteiger partial charge >= 0.3 is 0 Å². The number of carbonyl (C=O) groups excluding carboxylic acids is 1. The molecule has 0 aliphatic heterocycles. The van der Waals surface area contributed by atoms with Gasteiger partial charge in [-0.05, 0) is 49.7 Å². The number of nitrogens with two attached hydrogens (primary N) is 1. The molecule has 3 N–H and O–H groups in total. The van der Waals surface area contributed by atoms with Crippen LogP contribution in [-0.2, 0) is 4.79 Å². The number of para-hydroxylation sites is 1. The number of halogens is 1. The zero-order chi connectivity index (χ0) is 16.4. The van der Waals surface area contributed by atoms with Crippen molar-refractivity contribution in [2.24, 2.45) is 23.5 Å². The Bertz CT molecular complexity index is 563. The van der Waals surface area contributed by atoms with Gasteiger partial charge in [0.2, 0.25) is 5.91 Å². The molecular weight excluding hydrogens is 293 g/mol. The van der Waals surface area contributed by atoms with E-state index >= 15 is 0 Å². The smallest absolute Gasteiger partial charge is 0.224 e. The SMILES string of the molecule is CN(CCCNC(=O)C1C2CCC(C2)C1N)c1ccccc1F. The highest BCUT2D eigenvalue weighted by atomic mass is 19.1. The van der Waals surface area contributed by atoms with Crippen LogP contribution < -0.4 is 16.0 Å². The highest BCUT2D eigenvalue weighted by Crippen LogP contribution is 2.47. The maximum absolute atomic E-state index is 13.7. The van der Waals surface area contributed by atoms with Gasteiger partial charge in [0.15, 0.2) is 0 Å². The molecule has 0 aromatic heterocycles. The Labute approximate surface area is 137 Å². The zero-order valence-electron chi connectivity index (χ0n) is 13.7. The van der Waals surface area contributed by atoms with E-state index in [0.717, 1.165) is 19.3 Å². The van der Waals surface area contributed by atoms with Gasteiger partial charge in [0, 0.05) is 26.2 Å². The average Bonchev–Trinajstić information content (AvgIpc) is 3.12. The van der Waals surface area contributed by atoms with Gasteiger partial charge in [-0.1, -0.05) is 12.1 Å². The standard InChI is InChI=1S/C18H26FN3O/c1-22(15-6-3-2-5-14(15)19)10-4-9-21-18(23)16-12-7-8-13(11-12)17(16)20/h2-3,5-6,12-13,16-17H,4,7-11,20H2,1H3,(H,21,23). The van der Waals surface area contributed by atoms with Gasteiger partial charge in [0.25, 0.3) is 0 Å². The molecule has 0 radical (unpaired) electrons. The second-order valence-electron chi connectivity index (χ2n) is 6.95. The molecule has 2 aliphatic carbocycles. The van der Waals surface area contributed by atoms with E-state index in [1.54, 1.807) is 12.1 Å². The van der Waals surface area contributed by atoms with Crippen LogP contribution in [0.2, 0.25) is 0 Å². The third-order valence-corrected chi connectivity index (χ3v) is 5.52. The predicted octanol–water partition coefficient (Wildman–Crippen LogP) is 2.14. The minimum Gasteiger partial charge on any atom is -0.372 e. The van der Waals surface area contributed by atoms with E-state index in [9.17, 15) is 9.18 Å². The van der Waals surface area contributed by atoms with E-state index in [2.05, 4.69) is 5.32 Å². The van der Waals surface area contributed by atoms with E-state index in [1.807, 2.05) is 18.0 Å². The first kappa shape index (κ1) is 16.2. The molecule has 0 heterocycles. The average molecular weight is 319 g/mol. The third-order valence-electron chi connectivity index (χ3n) is 5.52. The Morgan fingerprint density at radius 3 is 2.78 bits per heavy atom. The van der Waals surface area contributed by atoms with Crippen LogP contribution >= 0.6 is 0 Å². The number of carbonyl (C=O) groups is 1. The molecule has 4 atom stereocenters. The van der Waals surface area contributed by atoms with Crippen molar-refractivity contribution in [3.8, 4) is 0 Å². The summed E-state index contributed by atoms with van der Waals surface area (Å²) >= 11 is 0. The molecule has 4 nitrogen and oxygen atoms in total. The molecule has 2 saturated carbocycles. The summed E-state index contributed by atoms with van der Waals surface area (Å²) in [5.74, 6) is 0.919. The number of nitrogens with one attached hydrogen (secondary N) is 1. The Kier molecular flexibility index (Phi) is 4.85. The number of nitrogens with zero attached hydrogens (tertiary/aromatic N) is 1. The van der Waals surface area contributed by atoms with Crippen molar-refractivity contribution in [3.63, 3.8) is 0 Å². The van der Waals surface area contributed by atoms with Crippen LogP contribution in [0.15, 0.2) is 24.3 Å². The van der Waals surface area contributed by atoms with E-state index in [4.69, 9.17) is 5.73 Å². The highest BCUT2D eigenvalue weighted by molar-refractivity contribution is 5.80. The second-order valence-corrected chi connectivity index (χ2v) is 6.95. The normalized spacial score (nSPS) is 28.8. The van der Waals surface area contributed by atoms with Gasteiger partial charge in [-0.3, -0.25) is 4.79 Å². The number of anilines is 1. The molecule has 126 valence electrons. The van der Waals surface area contributed by atoms with Gasteiger partial charge in [0.1, 0.15) is 5.82 Å². The van der Waals surface area contributed by atoms with E-state index in [-0.39, 0.29) is 23.7 Å². The van der Waals surface area contributed by atoms with Crippen LogP contribution in [0, 0.1) is 23.6 Å². The number of hydrogen-bond donors (Lipinski definition) is 2. The summed E-state index contributed by atoms with van der Waals surface area (Å²) in [5, 5.41) is 3.02. The van der Waals surface area contributed by atoms with Gasteiger partial charge in [-0.15, -0.1) is 0 Å². The minimum absolute atomic E-state index is 0.00181. The molecule has 5 heteroatoms. The first-order valence-corrected chi connectivity index (χ1v) is 8.57. The van der Waals surface area contributed by atoms with Crippen LogP contribution in [0.1, 0.15) is 25.7 Å². The Hall–Kier alpha value is -1.62.